The second-order valence-electron chi connectivity index (χ2n) is 5.19. The summed E-state index contributed by atoms with van der Waals surface area (Å²) in [6.45, 7) is 5.53. The highest BCUT2D eigenvalue weighted by Crippen LogP contribution is 2.22. The second-order valence-corrected chi connectivity index (χ2v) is 5.19. The van der Waals surface area contributed by atoms with Gasteiger partial charge in [0.1, 0.15) is 5.65 Å². The summed E-state index contributed by atoms with van der Waals surface area (Å²) >= 11 is 0. The number of H-pyrrole nitrogens is 1. The number of aliphatic hydroxyl groups is 1. The minimum atomic E-state index is -0.621. The molecule has 2 aromatic rings. The summed E-state index contributed by atoms with van der Waals surface area (Å²) in [6.07, 6.45) is 4.08. The van der Waals surface area contributed by atoms with E-state index >= 15 is 0 Å². The van der Waals surface area contributed by atoms with Gasteiger partial charge in [-0.25, -0.2) is 9.78 Å². The molecule has 2 aromatic heterocycles. The molecule has 1 unspecified atom stereocenters. The van der Waals surface area contributed by atoms with Gasteiger partial charge < -0.3 is 20.7 Å². The van der Waals surface area contributed by atoms with E-state index in [9.17, 15) is 9.90 Å². The number of hydrogen-bond acceptors (Lipinski definition) is 3. The Morgan fingerprint density at radius 3 is 2.95 bits per heavy atom. The van der Waals surface area contributed by atoms with E-state index in [0.717, 1.165) is 16.6 Å². The molecule has 0 bridgehead atoms. The number of aliphatic hydroxyl groups excluding tert-OH is 1. The van der Waals surface area contributed by atoms with Crippen molar-refractivity contribution in [3.05, 3.63) is 24.0 Å². The van der Waals surface area contributed by atoms with E-state index in [-0.39, 0.29) is 12.6 Å². The first-order chi connectivity index (χ1) is 9.49. The number of carbonyl (C=O) groups excluding carboxylic acids is 1. The monoisotopic (exact) mass is 276 g/mol. The quantitative estimate of drug-likeness (QED) is 0.689. The molecule has 20 heavy (non-hydrogen) atoms. The third-order valence-electron chi connectivity index (χ3n) is 3.65. The normalized spacial score (nSPS) is 14.0. The van der Waals surface area contributed by atoms with Crippen LogP contribution in [0.1, 0.15) is 25.8 Å². The van der Waals surface area contributed by atoms with Gasteiger partial charge in [-0.1, -0.05) is 6.92 Å². The Balaban J connectivity index is 2.15. The molecule has 0 aromatic carbocycles. The van der Waals surface area contributed by atoms with Crippen LogP contribution in [0.25, 0.3) is 11.0 Å². The Morgan fingerprint density at radius 2 is 2.30 bits per heavy atom. The zero-order valence-corrected chi connectivity index (χ0v) is 11.9. The Morgan fingerprint density at radius 1 is 1.55 bits per heavy atom. The molecule has 4 N–H and O–H groups in total. The smallest absolute Gasteiger partial charge is 0.319 e. The van der Waals surface area contributed by atoms with Gasteiger partial charge in [-0.05, 0) is 31.9 Å². The van der Waals surface area contributed by atoms with E-state index in [2.05, 4.69) is 20.6 Å². The number of carbonyl (C=O) groups is 1. The van der Waals surface area contributed by atoms with Crippen LogP contribution in [-0.4, -0.2) is 33.3 Å². The maximum absolute atomic E-state index is 12.0. The maximum Gasteiger partial charge on any atom is 0.319 e. The lowest BCUT2D eigenvalue weighted by Crippen LogP contribution is -2.50. The first-order valence-electron chi connectivity index (χ1n) is 6.62. The lowest BCUT2D eigenvalue weighted by molar-refractivity contribution is 0.172. The summed E-state index contributed by atoms with van der Waals surface area (Å²) in [5.41, 5.74) is 1.78. The Bertz CT molecular complexity index is 617. The molecule has 0 saturated carbocycles. The van der Waals surface area contributed by atoms with Crippen molar-refractivity contribution in [2.45, 2.75) is 32.7 Å². The van der Waals surface area contributed by atoms with Gasteiger partial charge in [-0.15, -0.1) is 0 Å². The maximum atomic E-state index is 12.0. The average Bonchev–Trinajstić information content (AvgIpc) is 2.91. The van der Waals surface area contributed by atoms with Crippen molar-refractivity contribution in [2.75, 3.05) is 11.9 Å². The molecule has 0 aliphatic heterocycles. The summed E-state index contributed by atoms with van der Waals surface area (Å²) in [4.78, 5) is 19.3. The third-order valence-corrected chi connectivity index (χ3v) is 3.65. The molecule has 1 atom stereocenters. The molecule has 108 valence electrons. The van der Waals surface area contributed by atoms with Crippen molar-refractivity contribution in [1.29, 1.82) is 0 Å². The topological polar surface area (TPSA) is 90.0 Å². The Hall–Kier alpha value is -2.08. The molecule has 2 amide bonds. The van der Waals surface area contributed by atoms with Gasteiger partial charge in [0.05, 0.1) is 24.0 Å². The highest BCUT2D eigenvalue weighted by molar-refractivity contribution is 5.94. The third kappa shape index (κ3) is 2.75. The van der Waals surface area contributed by atoms with Crippen molar-refractivity contribution >= 4 is 22.8 Å². The second kappa shape index (κ2) is 5.50. The van der Waals surface area contributed by atoms with E-state index in [1.165, 1.54) is 0 Å². The van der Waals surface area contributed by atoms with Crippen molar-refractivity contribution in [1.82, 2.24) is 15.3 Å². The molecular formula is C14H20N4O2. The number of hydrogen-bond donors (Lipinski definition) is 4. The predicted octanol–water partition coefficient (Wildman–Crippen LogP) is 2.15. The van der Waals surface area contributed by atoms with Crippen LogP contribution in [0.3, 0.4) is 0 Å². The molecule has 6 nitrogen and oxygen atoms in total. The lowest BCUT2D eigenvalue weighted by Gasteiger charge is -2.27. The number of aromatic amines is 1. The number of aromatic nitrogens is 2. The zero-order chi connectivity index (χ0) is 14.8. The number of pyridine rings is 1. The molecule has 2 heterocycles. The molecule has 0 fully saturated rings. The summed E-state index contributed by atoms with van der Waals surface area (Å²) < 4.78 is 0. The van der Waals surface area contributed by atoms with Gasteiger partial charge in [0.15, 0.2) is 0 Å². The summed E-state index contributed by atoms with van der Waals surface area (Å²) in [5, 5.41) is 15.8. The first-order valence-corrected chi connectivity index (χ1v) is 6.62. The van der Waals surface area contributed by atoms with E-state index in [1.807, 2.05) is 26.1 Å². The number of amides is 2. The molecule has 2 rings (SSSR count). The number of nitrogens with one attached hydrogen (secondary N) is 3. The SMILES string of the molecule is CCC(C)(CO)NC(=O)Nc1cnc2[nH]ccc2c1C. The van der Waals surface area contributed by atoms with Crippen molar-refractivity contribution in [2.24, 2.45) is 0 Å². The molecule has 6 heteroatoms. The van der Waals surface area contributed by atoms with Gasteiger partial charge in [0, 0.05) is 11.6 Å². The predicted molar refractivity (Wildman–Crippen MR) is 78.8 cm³/mol. The van der Waals surface area contributed by atoms with Crippen LogP contribution in [0.2, 0.25) is 0 Å². The lowest BCUT2D eigenvalue weighted by atomic mass is 10.0. The minimum Gasteiger partial charge on any atom is -0.394 e. The van der Waals surface area contributed by atoms with Gasteiger partial charge in [0.2, 0.25) is 0 Å². The van der Waals surface area contributed by atoms with E-state index in [4.69, 9.17) is 0 Å². The zero-order valence-electron chi connectivity index (χ0n) is 11.9. The average molecular weight is 276 g/mol. The number of urea groups is 1. The number of fused-ring (bicyclic) bond motifs is 1. The number of anilines is 1. The highest BCUT2D eigenvalue weighted by atomic mass is 16.3. The van der Waals surface area contributed by atoms with Crippen LogP contribution in [0.15, 0.2) is 18.5 Å². The Labute approximate surface area is 117 Å². The largest absolute Gasteiger partial charge is 0.394 e. The number of aryl methyl sites for hydroxylation is 1. The van der Waals surface area contributed by atoms with Crippen LogP contribution in [0.5, 0.6) is 0 Å². The summed E-state index contributed by atoms with van der Waals surface area (Å²) in [7, 11) is 0. The fourth-order valence-electron chi connectivity index (χ4n) is 1.93. The molecule has 0 aliphatic rings. The van der Waals surface area contributed by atoms with Gasteiger partial charge in [0.25, 0.3) is 0 Å². The van der Waals surface area contributed by atoms with Crippen LogP contribution in [0.4, 0.5) is 10.5 Å². The fourth-order valence-corrected chi connectivity index (χ4v) is 1.93. The molecule has 0 aliphatic carbocycles. The van der Waals surface area contributed by atoms with Crippen LogP contribution >= 0.6 is 0 Å². The van der Waals surface area contributed by atoms with Gasteiger partial charge in [-0.3, -0.25) is 0 Å². The molecular weight excluding hydrogens is 256 g/mol. The standard InChI is InChI=1S/C14H20N4O2/c1-4-14(3,8-19)18-13(20)17-11-7-16-12-10(9(11)2)5-6-15-12/h5-7,19H,4,8H2,1-3H3,(H,15,16)(H2,17,18,20). The summed E-state index contributed by atoms with van der Waals surface area (Å²) in [5.74, 6) is 0. The van der Waals surface area contributed by atoms with Crippen molar-refractivity contribution in [3.8, 4) is 0 Å². The summed E-state index contributed by atoms with van der Waals surface area (Å²) in [6, 6.07) is 1.58. The Kier molecular flexibility index (Phi) is 3.94. The van der Waals surface area contributed by atoms with Gasteiger partial charge >= 0.3 is 6.03 Å². The van der Waals surface area contributed by atoms with Gasteiger partial charge in [-0.2, -0.15) is 0 Å². The van der Waals surface area contributed by atoms with E-state index in [1.54, 1.807) is 13.1 Å². The van der Waals surface area contributed by atoms with Crippen LogP contribution in [0, 0.1) is 6.92 Å². The van der Waals surface area contributed by atoms with E-state index in [0.29, 0.717) is 12.1 Å². The van der Waals surface area contributed by atoms with Crippen molar-refractivity contribution in [3.63, 3.8) is 0 Å². The van der Waals surface area contributed by atoms with Crippen molar-refractivity contribution < 1.29 is 9.90 Å². The minimum absolute atomic E-state index is 0.106. The first kappa shape index (κ1) is 14.3. The highest BCUT2D eigenvalue weighted by Gasteiger charge is 2.23. The van der Waals surface area contributed by atoms with E-state index < -0.39 is 5.54 Å². The number of rotatable bonds is 4. The molecule has 0 saturated heterocycles. The molecule has 0 radical (unpaired) electrons. The molecule has 0 spiro atoms. The van der Waals surface area contributed by atoms with Crippen LogP contribution in [-0.2, 0) is 0 Å². The number of nitrogens with zero attached hydrogens (tertiary/aromatic N) is 1. The van der Waals surface area contributed by atoms with Crippen LogP contribution < -0.4 is 10.6 Å². The fraction of sp³-hybridized carbons (Fsp3) is 0.429.